The average Bonchev–Trinajstić information content (AvgIpc) is 2.88. The minimum absolute atomic E-state index is 0. The second kappa shape index (κ2) is 18.5. The standard InChI is InChI=1S/2C14H24N2.Ni/c2*1-3-7-13(8-4-1)15-11-12-16-14-9-5-2-6-10-14;/h2*11-14H,1-10H2;. The van der Waals surface area contributed by atoms with Crippen LogP contribution in [0, 0.1) is 0 Å². The molecule has 0 bridgehead atoms. The summed E-state index contributed by atoms with van der Waals surface area (Å²) in [5, 5.41) is 0. The Labute approximate surface area is 213 Å². The van der Waals surface area contributed by atoms with E-state index in [0.717, 1.165) is 0 Å². The number of rotatable bonds is 6. The Kier molecular flexibility index (Phi) is 15.9. The molecular formula is C28H48N4Ni. The van der Waals surface area contributed by atoms with E-state index >= 15 is 0 Å². The van der Waals surface area contributed by atoms with Crippen molar-refractivity contribution in [3.8, 4) is 0 Å². The monoisotopic (exact) mass is 498 g/mol. The topological polar surface area (TPSA) is 49.4 Å². The van der Waals surface area contributed by atoms with Gasteiger partial charge in [0, 0.05) is 65.5 Å². The zero-order valence-corrected chi connectivity index (χ0v) is 21.9. The Morgan fingerprint density at radius 2 is 0.485 bits per heavy atom. The van der Waals surface area contributed by atoms with Crippen molar-refractivity contribution >= 4 is 24.9 Å². The van der Waals surface area contributed by atoms with Crippen molar-refractivity contribution in [3.63, 3.8) is 0 Å². The van der Waals surface area contributed by atoms with Crippen molar-refractivity contribution in [2.24, 2.45) is 20.0 Å². The molecule has 4 rings (SSSR count). The van der Waals surface area contributed by atoms with Crippen molar-refractivity contribution < 1.29 is 16.5 Å². The molecule has 0 aromatic carbocycles. The van der Waals surface area contributed by atoms with Gasteiger partial charge < -0.3 is 0 Å². The first-order valence-corrected chi connectivity index (χ1v) is 14.0. The third kappa shape index (κ3) is 13.0. The van der Waals surface area contributed by atoms with Crippen molar-refractivity contribution in [2.75, 3.05) is 0 Å². The van der Waals surface area contributed by atoms with Gasteiger partial charge in [0.25, 0.3) is 0 Å². The summed E-state index contributed by atoms with van der Waals surface area (Å²) in [5.74, 6) is 0. The minimum atomic E-state index is 0. The number of aliphatic imine (C=N–C) groups is 4. The fourth-order valence-corrected chi connectivity index (χ4v) is 5.56. The van der Waals surface area contributed by atoms with Crippen molar-refractivity contribution in [1.82, 2.24) is 0 Å². The van der Waals surface area contributed by atoms with E-state index in [0.29, 0.717) is 24.2 Å². The number of hydrogen-bond donors (Lipinski definition) is 0. The van der Waals surface area contributed by atoms with Gasteiger partial charge in [0.2, 0.25) is 0 Å². The molecule has 4 aliphatic carbocycles. The Hall–Kier alpha value is -0.826. The molecule has 0 saturated heterocycles. The molecule has 190 valence electrons. The quantitative estimate of drug-likeness (QED) is 0.267. The van der Waals surface area contributed by atoms with Gasteiger partial charge in [-0.3, -0.25) is 20.0 Å². The summed E-state index contributed by atoms with van der Waals surface area (Å²) < 4.78 is 0. The Morgan fingerprint density at radius 1 is 0.303 bits per heavy atom. The second-order valence-electron chi connectivity index (χ2n) is 10.4. The number of nitrogens with zero attached hydrogens (tertiary/aromatic N) is 4. The van der Waals surface area contributed by atoms with Crippen molar-refractivity contribution in [1.29, 1.82) is 0 Å². The summed E-state index contributed by atoms with van der Waals surface area (Å²) in [7, 11) is 0. The summed E-state index contributed by atoms with van der Waals surface area (Å²) in [6, 6.07) is 2.36. The molecule has 0 aromatic rings. The molecule has 0 unspecified atom stereocenters. The van der Waals surface area contributed by atoms with Gasteiger partial charge in [0.05, 0.1) is 0 Å². The largest absolute Gasteiger partial charge is 0.288 e. The summed E-state index contributed by atoms with van der Waals surface area (Å²) >= 11 is 0. The van der Waals surface area contributed by atoms with Gasteiger partial charge >= 0.3 is 0 Å². The molecule has 4 nitrogen and oxygen atoms in total. The van der Waals surface area contributed by atoms with Crippen LogP contribution in [0.1, 0.15) is 128 Å². The van der Waals surface area contributed by atoms with Gasteiger partial charge in [-0.1, -0.05) is 77.0 Å². The maximum absolute atomic E-state index is 4.59. The first-order valence-electron chi connectivity index (χ1n) is 14.0. The second-order valence-corrected chi connectivity index (χ2v) is 10.4. The molecule has 0 aliphatic heterocycles. The van der Waals surface area contributed by atoms with E-state index in [1.54, 1.807) is 0 Å². The molecule has 0 spiro atoms. The molecule has 0 aromatic heterocycles. The summed E-state index contributed by atoms with van der Waals surface area (Å²) in [5.41, 5.74) is 0. The normalized spacial score (nSPS) is 25.0. The zero-order valence-electron chi connectivity index (χ0n) is 20.9. The molecule has 5 heteroatoms. The summed E-state index contributed by atoms with van der Waals surface area (Å²) in [6.45, 7) is 0. The minimum Gasteiger partial charge on any atom is -0.288 e. The maximum atomic E-state index is 4.59. The predicted molar refractivity (Wildman–Crippen MR) is 141 cm³/mol. The van der Waals surface area contributed by atoms with E-state index in [1.165, 1.54) is 128 Å². The third-order valence-corrected chi connectivity index (χ3v) is 7.62. The number of hydrogen-bond acceptors (Lipinski definition) is 4. The molecule has 0 amide bonds. The van der Waals surface area contributed by atoms with E-state index in [2.05, 4.69) is 20.0 Å². The maximum Gasteiger partial charge on any atom is 0.0500 e. The molecule has 0 atom stereocenters. The van der Waals surface area contributed by atoms with Crippen LogP contribution >= 0.6 is 0 Å². The molecular weight excluding hydrogens is 451 g/mol. The van der Waals surface area contributed by atoms with Crippen molar-refractivity contribution in [3.05, 3.63) is 0 Å². The van der Waals surface area contributed by atoms with Crippen LogP contribution in [0.15, 0.2) is 20.0 Å². The van der Waals surface area contributed by atoms with Gasteiger partial charge in [0.1, 0.15) is 0 Å². The van der Waals surface area contributed by atoms with Crippen LogP contribution in [0.25, 0.3) is 0 Å². The molecule has 0 heterocycles. The zero-order chi connectivity index (χ0) is 22.1. The van der Waals surface area contributed by atoms with Crippen LogP contribution in [0.3, 0.4) is 0 Å². The smallest absolute Gasteiger partial charge is 0.0500 e. The van der Waals surface area contributed by atoms with Crippen LogP contribution in [-0.4, -0.2) is 49.0 Å². The fourth-order valence-electron chi connectivity index (χ4n) is 5.56. The van der Waals surface area contributed by atoms with E-state index in [9.17, 15) is 0 Å². The Balaban J connectivity index is 0.000000227. The van der Waals surface area contributed by atoms with Crippen LogP contribution in [0.4, 0.5) is 0 Å². The predicted octanol–water partition coefficient (Wildman–Crippen LogP) is 7.58. The van der Waals surface area contributed by atoms with E-state index in [1.807, 2.05) is 24.9 Å². The van der Waals surface area contributed by atoms with E-state index < -0.39 is 0 Å². The van der Waals surface area contributed by atoms with Gasteiger partial charge in [-0.2, -0.15) is 0 Å². The van der Waals surface area contributed by atoms with Crippen LogP contribution in [0.5, 0.6) is 0 Å². The first kappa shape index (κ1) is 28.4. The van der Waals surface area contributed by atoms with Gasteiger partial charge in [-0.15, -0.1) is 0 Å². The third-order valence-electron chi connectivity index (χ3n) is 7.62. The molecule has 0 N–H and O–H groups in total. The SMILES string of the molecule is C(C=NC1CCCCC1)=NC1CCCCC1.C(C=NC1CCCCC1)=NC1CCCCC1.[Ni]. The molecule has 4 aliphatic rings. The summed E-state index contributed by atoms with van der Waals surface area (Å²) in [4.78, 5) is 18.4. The van der Waals surface area contributed by atoms with Gasteiger partial charge in [-0.25, -0.2) is 0 Å². The first-order chi connectivity index (χ1) is 15.9. The fraction of sp³-hybridized carbons (Fsp3) is 0.857. The van der Waals surface area contributed by atoms with Gasteiger partial charge in [-0.05, 0) is 51.4 Å². The van der Waals surface area contributed by atoms with Crippen LogP contribution in [0.2, 0.25) is 0 Å². The van der Waals surface area contributed by atoms with Crippen molar-refractivity contribution in [2.45, 2.75) is 153 Å². The average molecular weight is 499 g/mol. The van der Waals surface area contributed by atoms with Gasteiger partial charge in [0.15, 0.2) is 0 Å². The van der Waals surface area contributed by atoms with E-state index in [4.69, 9.17) is 0 Å². The Morgan fingerprint density at radius 3 is 0.667 bits per heavy atom. The molecule has 0 radical (unpaired) electrons. The molecule has 4 fully saturated rings. The molecule has 4 saturated carbocycles. The summed E-state index contributed by atoms with van der Waals surface area (Å²) in [6.07, 6.45) is 34.6. The van der Waals surface area contributed by atoms with Crippen LogP contribution in [-0.2, 0) is 16.5 Å². The van der Waals surface area contributed by atoms with Crippen LogP contribution < -0.4 is 0 Å². The van der Waals surface area contributed by atoms with E-state index in [-0.39, 0.29) is 16.5 Å². The molecule has 33 heavy (non-hydrogen) atoms. The Bertz CT molecular complexity index is 473.